The van der Waals surface area contributed by atoms with Crippen molar-refractivity contribution in [3.05, 3.63) is 43.0 Å². The molecule has 0 saturated carbocycles. The number of nitrogens with zero attached hydrogens (tertiary/aromatic N) is 4. The fourth-order valence-corrected chi connectivity index (χ4v) is 2.33. The Morgan fingerprint density at radius 2 is 2.29 bits per heavy atom. The van der Waals surface area contributed by atoms with E-state index in [2.05, 4.69) is 15.0 Å². The van der Waals surface area contributed by atoms with E-state index in [0.717, 1.165) is 4.57 Å². The van der Waals surface area contributed by atoms with Crippen molar-refractivity contribution < 1.29 is 14.9 Å². The zero-order chi connectivity index (χ0) is 15.6. The van der Waals surface area contributed by atoms with Crippen molar-refractivity contribution >= 4 is 0 Å². The average molecular weight is 297 g/mol. The van der Waals surface area contributed by atoms with Gasteiger partial charge in [0.1, 0.15) is 6.10 Å². The largest absolute Gasteiger partial charge is 0.394 e. The van der Waals surface area contributed by atoms with E-state index in [-0.39, 0.29) is 12.1 Å². The fourth-order valence-electron chi connectivity index (χ4n) is 2.33. The van der Waals surface area contributed by atoms with Crippen LogP contribution in [0.5, 0.6) is 0 Å². The molecule has 1 saturated heterocycles. The number of nitrogens with one attached hydrogen (secondary N) is 1. The summed E-state index contributed by atoms with van der Waals surface area (Å²) < 4.78 is 6.51. The van der Waals surface area contributed by atoms with Gasteiger partial charge in [-0.2, -0.15) is 0 Å². The smallest absolute Gasteiger partial charge is 0.330 e. The molecular formula is C11H15N5O5. The van der Waals surface area contributed by atoms with Gasteiger partial charge in [-0.25, -0.2) is 4.79 Å². The molecule has 0 spiro atoms. The minimum absolute atomic E-state index is 0.0729. The first kappa shape index (κ1) is 15.3. The molecule has 2 rings (SSSR count). The highest BCUT2D eigenvalue weighted by molar-refractivity contribution is 5.03. The van der Waals surface area contributed by atoms with E-state index < -0.39 is 42.2 Å². The Bertz CT molecular complexity index is 676. The molecule has 1 unspecified atom stereocenters. The number of hydrogen-bond donors (Lipinski definition) is 3. The Labute approximate surface area is 118 Å². The van der Waals surface area contributed by atoms with Crippen molar-refractivity contribution in [1.29, 1.82) is 0 Å². The number of aryl methyl sites for hydroxylation is 1. The third-order valence-corrected chi connectivity index (χ3v) is 3.48. The highest BCUT2D eigenvalue weighted by Gasteiger charge is 2.44. The van der Waals surface area contributed by atoms with Crippen LogP contribution in [0.25, 0.3) is 10.4 Å². The lowest BCUT2D eigenvalue weighted by Crippen LogP contribution is -2.37. The summed E-state index contributed by atoms with van der Waals surface area (Å²) in [5.74, 6) is -0.643. The lowest BCUT2D eigenvalue weighted by molar-refractivity contribution is -0.0536. The van der Waals surface area contributed by atoms with Crippen molar-refractivity contribution in [3.8, 4) is 0 Å². The molecule has 0 aromatic carbocycles. The Hall–Kier alpha value is -2.13. The summed E-state index contributed by atoms with van der Waals surface area (Å²) in [4.78, 5) is 27.9. The normalized spacial score (nSPS) is 28.3. The second-order valence-electron chi connectivity index (χ2n) is 4.79. The van der Waals surface area contributed by atoms with Gasteiger partial charge in [-0.1, -0.05) is 5.11 Å². The van der Waals surface area contributed by atoms with Crippen LogP contribution in [0.4, 0.5) is 0 Å². The Kier molecular flexibility index (Phi) is 4.43. The molecule has 1 aromatic rings. The second kappa shape index (κ2) is 6.10. The molecule has 0 radical (unpaired) electrons. The van der Waals surface area contributed by atoms with Gasteiger partial charge in [0.25, 0.3) is 5.56 Å². The van der Waals surface area contributed by atoms with Crippen LogP contribution >= 0.6 is 0 Å². The minimum Gasteiger partial charge on any atom is -0.394 e. The van der Waals surface area contributed by atoms with Gasteiger partial charge < -0.3 is 14.9 Å². The fraction of sp³-hybridized carbons (Fsp3) is 0.636. The van der Waals surface area contributed by atoms with Gasteiger partial charge in [0, 0.05) is 29.1 Å². The van der Waals surface area contributed by atoms with Crippen molar-refractivity contribution in [2.75, 3.05) is 13.2 Å². The van der Waals surface area contributed by atoms with E-state index in [1.807, 2.05) is 0 Å². The van der Waals surface area contributed by atoms with Gasteiger partial charge in [0.05, 0.1) is 12.7 Å². The number of aliphatic hydroxyl groups excluding tert-OH is 2. The number of hydrogen-bond acceptors (Lipinski definition) is 6. The van der Waals surface area contributed by atoms with Crippen molar-refractivity contribution in [1.82, 2.24) is 9.55 Å². The summed E-state index contributed by atoms with van der Waals surface area (Å²) in [6.45, 7) is 1.05. The van der Waals surface area contributed by atoms with Gasteiger partial charge in [-0.15, -0.1) is 0 Å². The summed E-state index contributed by atoms with van der Waals surface area (Å²) in [6.07, 6.45) is -1.71. The second-order valence-corrected chi connectivity index (χ2v) is 4.79. The van der Waals surface area contributed by atoms with E-state index in [0.29, 0.717) is 0 Å². The molecule has 10 heteroatoms. The summed E-state index contributed by atoms with van der Waals surface area (Å²) in [7, 11) is 0. The van der Waals surface area contributed by atoms with E-state index in [9.17, 15) is 19.8 Å². The van der Waals surface area contributed by atoms with Gasteiger partial charge in [-0.3, -0.25) is 14.3 Å². The van der Waals surface area contributed by atoms with E-state index in [1.54, 1.807) is 0 Å². The number of azide groups is 1. The molecule has 0 amide bonds. The number of aromatic amines is 1. The van der Waals surface area contributed by atoms with Gasteiger partial charge in [0.15, 0.2) is 6.23 Å². The first-order chi connectivity index (χ1) is 9.99. The maximum atomic E-state index is 11.8. The predicted molar refractivity (Wildman–Crippen MR) is 70.6 cm³/mol. The lowest BCUT2D eigenvalue weighted by Gasteiger charge is -2.18. The zero-order valence-corrected chi connectivity index (χ0v) is 11.2. The maximum absolute atomic E-state index is 11.8. The highest BCUT2D eigenvalue weighted by atomic mass is 16.5. The molecule has 1 fully saturated rings. The molecule has 1 aliphatic heterocycles. The van der Waals surface area contributed by atoms with Crippen LogP contribution in [0.1, 0.15) is 11.8 Å². The predicted octanol–water partition coefficient (Wildman–Crippen LogP) is -0.978. The topological polar surface area (TPSA) is 153 Å². The standard InChI is InChI=1S/C11H15N5O5/c1-5-3-16(11(20)14-9(5)19)10-8(18)6(2-13-15-12)7(4-17)21-10/h3,6-8,10,17-18H,2,4H2,1H3,(H,14,19,20)/t6-,7?,8-,10-/m1/s1. The zero-order valence-electron chi connectivity index (χ0n) is 11.2. The number of H-pyrrole nitrogens is 1. The summed E-state index contributed by atoms with van der Waals surface area (Å²) >= 11 is 0. The van der Waals surface area contributed by atoms with E-state index >= 15 is 0 Å². The van der Waals surface area contributed by atoms with Gasteiger partial charge in [-0.05, 0) is 12.5 Å². The third-order valence-electron chi connectivity index (χ3n) is 3.48. The minimum atomic E-state index is -1.16. The molecule has 4 atom stereocenters. The lowest BCUT2D eigenvalue weighted by atomic mass is 9.98. The molecule has 1 aromatic heterocycles. The number of ether oxygens (including phenoxy) is 1. The van der Waals surface area contributed by atoms with Crippen molar-refractivity contribution in [2.24, 2.45) is 11.0 Å². The van der Waals surface area contributed by atoms with Crippen LogP contribution < -0.4 is 11.2 Å². The van der Waals surface area contributed by atoms with E-state index in [4.69, 9.17) is 10.3 Å². The first-order valence-electron chi connectivity index (χ1n) is 6.27. The molecule has 114 valence electrons. The van der Waals surface area contributed by atoms with Gasteiger partial charge >= 0.3 is 5.69 Å². The molecule has 10 nitrogen and oxygen atoms in total. The first-order valence-corrected chi connectivity index (χ1v) is 6.27. The highest BCUT2D eigenvalue weighted by Crippen LogP contribution is 2.33. The maximum Gasteiger partial charge on any atom is 0.330 e. The number of rotatable bonds is 4. The molecular weight excluding hydrogens is 282 g/mol. The number of aliphatic hydroxyl groups is 2. The van der Waals surface area contributed by atoms with Crippen LogP contribution in [0.15, 0.2) is 20.9 Å². The summed E-state index contributed by atoms with van der Waals surface area (Å²) in [5, 5.41) is 22.9. The quantitative estimate of drug-likeness (QED) is 0.370. The van der Waals surface area contributed by atoms with Crippen molar-refractivity contribution in [2.45, 2.75) is 25.4 Å². The van der Waals surface area contributed by atoms with Crippen LogP contribution in [0.3, 0.4) is 0 Å². The van der Waals surface area contributed by atoms with Crippen LogP contribution in [0, 0.1) is 12.8 Å². The average Bonchev–Trinajstić information content (AvgIpc) is 2.77. The molecule has 21 heavy (non-hydrogen) atoms. The molecule has 0 bridgehead atoms. The van der Waals surface area contributed by atoms with Crippen LogP contribution in [0.2, 0.25) is 0 Å². The van der Waals surface area contributed by atoms with Crippen LogP contribution in [-0.4, -0.2) is 45.1 Å². The number of aromatic nitrogens is 2. The SMILES string of the molecule is Cc1cn([C@@H]2OC(CO)[C@@H](CN=[N+]=[N-])[C@H]2O)c(=O)[nH]c1=O. The molecule has 1 aliphatic rings. The van der Waals surface area contributed by atoms with Gasteiger partial charge in [0.2, 0.25) is 0 Å². The molecule has 3 N–H and O–H groups in total. The Morgan fingerprint density at radius 1 is 1.57 bits per heavy atom. The Balaban J connectivity index is 2.37. The van der Waals surface area contributed by atoms with Crippen LogP contribution in [-0.2, 0) is 4.74 Å². The van der Waals surface area contributed by atoms with Crippen molar-refractivity contribution in [3.63, 3.8) is 0 Å². The molecule has 2 heterocycles. The summed E-state index contributed by atoms with van der Waals surface area (Å²) in [6, 6.07) is 0. The van der Waals surface area contributed by atoms with E-state index in [1.165, 1.54) is 13.1 Å². The third kappa shape index (κ3) is 2.83. The summed E-state index contributed by atoms with van der Waals surface area (Å²) in [5.41, 5.74) is 7.38. The molecule has 0 aliphatic carbocycles. The monoisotopic (exact) mass is 297 g/mol. The Morgan fingerprint density at radius 3 is 2.90 bits per heavy atom.